The van der Waals surface area contributed by atoms with E-state index in [0.29, 0.717) is 0 Å². The SMILES string of the molecule is c1ccc(S(c2ccccc2)(c2ccccc2)n2c3ccccc3c3cc(-n4c5ccccc5c5cc(-n6c7ccccc7c7ccccc76)ccc54)ccc32)cc1. The fourth-order valence-electron chi connectivity index (χ4n) is 9.51. The molecule has 0 aliphatic rings. The maximum absolute atomic E-state index is 2.67. The molecule has 12 aromatic rings. The first-order valence-electron chi connectivity index (χ1n) is 19.9. The summed E-state index contributed by atoms with van der Waals surface area (Å²) in [6, 6.07) is 82.8. The second kappa shape index (κ2) is 12.9. The molecule has 0 radical (unpaired) electrons. The van der Waals surface area contributed by atoms with Crippen molar-refractivity contribution in [2.24, 2.45) is 0 Å². The molecule has 4 heteroatoms. The monoisotopic (exact) mass is 759 g/mol. The van der Waals surface area contributed by atoms with Gasteiger partial charge in [0.15, 0.2) is 0 Å². The lowest BCUT2D eigenvalue weighted by atomic mass is 10.1. The Morgan fingerprint density at radius 1 is 0.241 bits per heavy atom. The van der Waals surface area contributed by atoms with E-state index in [9.17, 15) is 0 Å². The summed E-state index contributed by atoms with van der Waals surface area (Å²) in [4.78, 5) is 3.88. The van der Waals surface area contributed by atoms with Gasteiger partial charge in [0, 0.05) is 58.4 Å². The number of fused-ring (bicyclic) bond motifs is 9. The minimum atomic E-state index is -2.01. The third-order valence-electron chi connectivity index (χ3n) is 11.9. The summed E-state index contributed by atoms with van der Waals surface area (Å²) in [5.74, 6) is 0. The molecule has 0 bridgehead atoms. The summed E-state index contributed by atoms with van der Waals surface area (Å²) in [5.41, 5.74) is 9.55. The first-order chi connectivity index (χ1) is 28.8. The van der Waals surface area contributed by atoms with Gasteiger partial charge in [-0.3, -0.25) is 3.97 Å². The topological polar surface area (TPSA) is 14.8 Å². The lowest BCUT2D eigenvalue weighted by Crippen LogP contribution is -2.13. The van der Waals surface area contributed by atoms with Crippen LogP contribution in [-0.2, 0) is 0 Å². The summed E-state index contributed by atoms with van der Waals surface area (Å²) >= 11 is 0. The first-order valence-corrected chi connectivity index (χ1v) is 21.4. The van der Waals surface area contributed by atoms with Gasteiger partial charge in [0.2, 0.25) is 0 Å². The van der Waals surface area contributed by atoms with Gasteiger partial charge >= 0.3 is 0 Å². The zero-order chi connectivity index (χ0) is 38.2. The molecule has 0 atom stereocenters. The number of para-hydroxylation sites is 4. The molecule has 0 N–H and O–H groups in total. The van der Waals surface area contributed by atoms with Crippen molar-refractivity contribution in [2.45, 2.75) is 14.7 Å². The Labute approximate surface area is 337 Å². The van der Waals surface area contributed by atoms with Crippen LogP contribution in [0.15, 0.2) is 239 Å². The van der Waals surface area contributed by atoms with Crippen LogP contribution >= 0.6 is 10.2 Å². The number of benzene rings is 9. The van der Waals surface area contributed by atoms with E-state index in [1.54, 1.807) is 0 Å². The van der Waals surface area contributed by atoms with Crippen LogP contribution in [0.25, 0.3) is 76.8 Å². The second-order valence-corrected chi connectivity index (χ2v) is 17.9. The van der Waals surface area contributed by atoms with Crippen LogP contribution in [-0.4, -0.2) is 13.1 Å². The zero-order valence-corrected chi connectivity index (χ0v) is 32.4. The van der Waals surface area contributed by atoms with E-state index < -0.39 is 10.2 Å². The van der Waals surface area contributed by atoms with Gasteiger partial charge in [0.25, 0.3) is 0 Å². The van der Waals surface area contributed by atoms with E-state index in [0.717, 1.165) is 11.4 Å². The van der Waals surface area contributed by atoms with Gasteiger partial charge in [-0.05, 0) is 97.1 Å². The van der Waals surface area contributed by atoms with Crippen molar-refractivity contribution in [1.29, 1.82) is 0 Å². The van der Waals surface area contributed by atoms with Gasteiger partial charge in [0.05, 0.1) is 33.1 Å². The molecule has 0 fully saturated rings. The van der Waals surface area contributed by atoms with Crippen LogP contribution < -0.4 is 0 Å². The zero-order valence-electron chi connectivity index (χ0n) is 31.6. The van der Waals surface area contributed by atoms with E-state index >= 15 is 0 Å². The van der Waals surface area contributed by atoms with E-state index in [-0.39, 0.29) is 0 Å². The van der Waals surface area contributed by atoms with Crippen molar-refractivity contribution >= 4 is 75.6 Å². The van der Waals surface area contributed by atoms with Crippen LogP contribution in [0.3, 0.4) is 0 Å². The van der Waals surface area contributed by atoms with Crippen LogP contribution in [0.5, 0.6) is 0 Å². The van der Waals surface area contributed by atoms with Crippen molar-refractivity contribution in [1.82, 2.24) is 13.1 Å². The highest BCUT2D eigenvalue weighted by Crippen LogP contribution is 2.71. The molecule has 274 valence electrons. The van der Waals surface area contributed by atoms with Gasteiger partial charge in [-0.15, -0.1) is 0 Å². The molecule has 9 aromatic carbocycles. The fourth-order valence-corrected chi connectivity index (χ4v) is 13.5. The molecule has 58 heavy (non-hydrogen) atoms. The number of aromatic nitrogens is 3. The van der Waals surface area contributed by atoms with Crippen molar-refractivity contribution in [3.8, 4) is 11.4 Å². The highest BCUT2D eigenvalue weighted by Gasteiger charge is 2.36. The largest absolute Gasteiger partial charge is 0.309 e. The molecule has 3 heterocycles. The van der Waals surface area contributed by atoms with Gasteiger partial charge < -0.3 is 9.13 Å². The highest BCUT2D eigenvalue weighted by atomic mass is 32.3. The Morgan fingerprint density at radius 2 is 0.534 bits per heavy atom. The summed E-state index contributed by atoms with van der Waals surface area (Å²) < 4.78 is 7.54. The molecule has 0 saturated carbocycles. The Kier molecular flexibility index (Phi) is 7.31. The highest BCUT2D eigenvalue weighted by molar-refractivity contribution is 8.32. The van der Waals surface area contributed by atoms with Crippen LogP contribution in [0.4, 0.5) is 0 Å². The van der Waals surface area contributed by atoms with Crippen LogP contribution in [0, 0.1) is 0 Å². The molecule has 0 aliphatic heterocycles. The molecule has 0 aliphatic carbocycles. The summed E-state index contributed by atoms with van der Waals surface area (Å²) in [5, 5.41) is 7.49. The molecule has 0 unspecified atom stereocenters. The van der Waals surface area contributed by atoms with E-state index in [4.69, 9.17) is 0 Å². The average molecular weight is 760 g/mol. The van der Waals surface area contributed by atoms with Crippen molar-refractivity contribution in [3.63, 3.8) is 0 Å². The first kappa shape index (κ1) is 32.9. The number of hydrogen-bond acceptors (Lipinski definition) is 0. The maximum Gasteiger partial charge on any atom is 0.0599 e. The van der Waals surface area contributed by atoms with Crippen molar-refractivity contribution < 1.29 is 0 Å². The molecule has 0 saturated heterocycles. The summed E-state index contributed by atoms with van der Waals surface area (Å²) in [7, 11) is -2.01. The lowest BCUT2D eigenvalue weighted by Gasteiger charge is -2.44. The maximum atomic E-state index is 2.67. The third-order valence-corrected chi connectivity index (χ3v) is 15.7. The van der Waals surface area contributed by atoms with Gasteiger partial charge in [-0.25, -0.2) is 0 Å². The van der Waals surface area contributed by atoms with E-state index in [1.807, 2.05) is 0 Å². The minimum absolute atomic E-state index is 1.14. The van der Waals surface area contributed by atoms with Crippen LogP contribution in [0.2, 0.25) is 0 Å². The van der Waals surface area contributed by atoms with Crippen LogP contribution in [0.1, 0.15) is 0 Å². The number of nitrogens with zero attached hydrogens (tertiary/aromatic N) is 3. The lowest BCUT2D eigenvalue weighted by molar-refractivity contribution is 1.17. The second-order valence-electron chi connectivity index (χ2n) is 15.0. The van der Waals surface area contributed by atoms with E-state index in [2.05, 4.69) is 238 Å². The van der Waals surface area contributed by atoms with Crippen molar-refractivity contribution in [3.05, 3.63) is 224 Å². The molecule has 0 amide bonds. The molecular weight excluding hydrogens is 723 g/mol. The Hall–Kier alpha value is -7.27. The van der Waals surface area contributed by atoms with Gasteiger partial charge in [-0.2, -0.15) is 0 Å². The number of hydrogen-bond donors (Lipinski definition) is 0. The minimum Gasteiger partial charge on any atom is -0.309 e. The molecular formula is C54H37N3S. The van der Waals surface area contributed by atoms with Gasteiger partial charge in [-0.1, -0.05) is 138 Å². The Morgan fingerprint density at radius 3 is 0.983 bits per heavy atom. The summed E-state index contributed by atoms with van der Waals surface area (Å²) in [6.07, 6.45) is 0. The van der Waals surface area contributed by atoms with E-state index in [1.165, 1.54) is 80.1 Å². The molecule has 0 spiro atoms. The normalized spacial score (nSPS) is 12.4. The van der Waals surface area contributed by atoms with Gasteiger partial charge in [0.1, 0.15) is 0 Å². The summed E-state index contributed by atoms with van der Waals surface area (Å²) in [6.45, 7) is 0. The average Bonchev–Trinajstić information content (AvgIpc) is 3.93. The fraction of sp³-hybridized carbons (Fsp3) is 0. The standard InChI is InChI=1S/C54H37N3S/c1-4-18-40(19-5-1)58(41-20-6-2-7-21-41,42-22-8-3-9-23-42)57-53-31-17-13-27-46(53)48-37-39(33-35-54(48)57)56-51-30-16-12-26-45(51)47-36-38(32-34-52(47)56)55-49-28-14-10-24-43(49)44-25-11-15-29-50(44)55/h1-37H. The predicted octanol–water partition coefficient (Wildman–Crippen LogP) is 14.7. The van der Waals surface area contributed by atoms with Crippen molar-refractivity contribution in [2.75, 3.05) is 0 Å². The third kappa shape index (κ3) is 4.64. The quantitative estimate of drug-likeness (QED) is 0.160. The number of rotatable bonds is 6. The Balaban J connectivity index is 1.13. The Bertz CT molecular complexity index is 3350. The molecule has 3 aromatic heterocycles. The molecule has 12 rings (SSSR count). The predicted molar refractivity (Wildman–Crippen MR) is 245 cm³/mol. The molecule has 3 nitrogen and oxygen atoms in total. The smallest absolute Gasteiger partial charge is 0.0599 e.